The molecule has 3 aromatic carbocycles. The first-order valence-electron chi connectivity index (χ1n) is 15.2. The van der Waals surface area contributed by atoms with E-state index in [0.717, 1.165) is 6.54 Å². The van der Waals surface area contributed by atoms with Gasteiger partial charge in [0.15, 0.2) is 0 Å². The Kier molecular flexibility index (Phi) is 5.18. The largest absolute Gasteiger partial charge is 0.351 e. The number of anilines is 2. The lowest BCUT2D eigenvalue weighted by Crippen LogP contribution is -2.29. The van der Waals surface area contributed by atoms with E-state index in [1.54, 1.807) is 0 Å². The summed E-state index contributed by atoms with van der Waals surface area (Å²) in [4.78, 5) is 7.14. The number of hydrogen-bond acceptors (Lipinski definition) is 4. The minimum atomic E-state index is -0.0795. The molecule has 2 aromatic heterocycles. The van der Waals surface area contributed by atoms with Crippen LogP contribution in [0.3, 0.4) is 0 Å². The Labute approximate surface area is 251 Å². The summed E-state index contributed by atoms with van der Waals surface area (Å²) in [6, 6.07) is 27.6. The maximum absolute atomic E-state index is 10.2. The Morgan fingerprint density at radius 3 is 2.70 bits per heavy atom. The van der Waals surface area contributed by atoms with Crippen LogP contribution >= 0.6 is 0 Å². The predicted octanol–water partition coefficient (Wildman–Crippen LogP) is 7.36. The van der Waals surface area contributed by atoms with E-state index in [1.165, 1.54) is 66.8 Å². The number of rotatable bonds is 4. The van der Waals surface area contributed by atoms with Gasteiger partial charge in [-0.25, -0.2) is 0 Å². The minimum Gasteiger partial charge on any atom is -0.351 e. The second-order valence-electron chi connectivity index (χ2n) is 12.5. The minimum absolute atomic E-state index is 0.0795. The molecule has 208 valence electrons. The average Bonchev–Trinajstić information content (AvgIpc) is 3.63. The molecule has 5 unspecified atom stereocenters. The lowest BCUT2D eigenvalue weighted by molar-refractivity contribution is 0.578. The van der Waals surface area contributed by atoms with Crippen molar-refractivity contribution in [2.75, 3.05) is 11.4 Å². The van der Waals surface area contributed by atoms with Crippen LogP contribution in [0.2, 0.25) is 0 Å². The van der Waals surface area contributed by atoms with Crippen molar-refractivity contribution in [1.82, 2.24) is 14.9 Å². The number of hydrogen-bond donors (Lipinski definition) is 1. The molecule has 5 nitrogen and oxygen atoms in total. The third kappa shape index (κ3) is 3.57. The van der Waals surface area contributed by atoms with Crippen molar-refractivity contribution < 1.29 is 0 Å². The van der Waals surface area contributed by atoms with Crippen LogP contribution in [0, 0.1) is 24.2 Å². The second-order valence-corrected chi connectivity index (χ2v) is 12.5. The fraction of sp³-hybridized carbons (Fsp3) is 0.211. The molecule has 0 amide bonds. The average molecular weight is 558 g/mol. The third-order valence-electron chi connectivity index (χ3n) is 10.1. The van der Waals surface area contributed by atoms with Crippen LogP contribution in [0.15, 0.2) is 104 Å². The van der Waals surface area contributed by atoms with Gasteiger partial charge >= 0.3 is 0 Å². The Morgan fingerprint density at radius 1 is 0.977 bits per heavy atom. The summed E-state index contributed by atoms with van der Waals surface area (Å²) in [6.45, 7) is 3.09. The lowest BCUT2D eigenvalue weighted by atomic mass is 9.81. The van der Waals surface area contributed by atoms with Crippen molar-refractivity contribution in [1.29, 1.82) is 5.26 Å². The molecule has 2 aliphatic heterocycles. The zero-order valence-electron chi connectivity index (χ0n) is 24.2. The van der Waals surface area contributed by atoms with E-state index in [1.807, 2.05) is 6.20 Å². The Balaban J connectivity index is 1.14. The molecule has 9 rings (SSSR count). The fourth-order valence-electron chi connectivity index (χ4n) is 7.94. The monoisotopic (exact) mass is 557 g/mol. The van der Waals surface area contributed by atoms with Crippen molar-refractivity contribution in [2.45, 2.75) is 30.8 Å². The quantitative estimate of drug-likeness (QED) is 0.235. The highest BCUT2D eigenvalue weighted by Crippen LogP contribution is 2.53. The van der Waals surface area contributed by atoms with E-state index in [4.69, 9.17) is 0 Å². The Hall–Kier alpha value is -4.92. The van der Waals surface area contributed by atoms with Crippen molar-refractivity contribution in [2.24, 2.45) is 13.0 Å². The number of allylic oxidation sites excluding steroid dienone is 2. The van der Waals surface area contributed by atoms with Crippen LogP contribution < -0.4 is 10.2 Å². The van der Waals surface area contributed by atoms with Crippen molar-refractivity contribution in [3.63, 3.8) is 0 Å². The maximum Gasteiger partial charge on any atom is 0.0738 e. The smallest absolute Gasteiger partial charge is 0.0738 e. The van der Waals surface area contributed by atoms with Crippen LogP contribution in [-0.4, -0.2) is 28.2 Å². The summed E-state index contributed by atoms with van der Waals surface area (Å²) in [5.41, 5.74) is 13.7. The molecule has 4 heterocycles. The van der Waals surface area contributed by atoms with E-state index in [0.29, 0.717) is 0 Å². The highest BCUT2D eigenvalue weighted by molar-refractivity contribution is 5.89. The van der Waals surface area contributed by atoms with Gasteiger partial charge < -0.3 is 14.8 Å². The first-order chi connectivity index (χ1) is 21.1. The highest BCUT2D eigenvalue weighted by Gasteiger charge is 2.43. The highest BCUT2D eigenvalue weighted by atomic mass is 15.2. The molecule has 1 saturated heterocycles. The molecule has 43 heavy (non-hydrogen) atoms. The summed E-state index contributed by atoms with van der Waals surface area (Å²) in [5.74, 6) is 0.196. The summed E-state index contributed by atoms with van der Waals surface area (Å²) in [7, 11) is 2.10. The topological polar surface area (TPSA) is 66.8 Å². The zero-order chi connectivity index (χ0) is 28.8. The summed E-state index contributed by atoms with van der Waals surface area (Å²) < 4.78 is 2.17. The molecule has 0 spiro atoms. The van der Waals surface area contributed by atoms with E-state index >= 15 is 0 Å². The molecule has 5 aromatic rings. The van der Waals surface area contributed by atoms with Crippen LogP contribution in [0.4, 0.5) is 11.4 Å². The van der Waals surface area contributed by atoms with E-state index < -0.39 is 0 Å². The SMILES string of the molecule is Cc1cncc2c1N(c1ccc3c(ccn3C)c1)C1C=CC(c3ccc4c(c3)C(C(C#N)C3CN3)c3ccccc3-4)=CC21. The van der Waals surface area contributed by atoms with Gasteiger partial charge in [0.2, 0.25) is 0 Å². The molecule has 0 bridgehead atoms. The van der Waals surface area contributed by atoms with Crippen LogP contribution in [-0.2, 0) is 7.05 Å². The van der Waals surface area contributed by atoms with Gasteiger partial charge in [0.25, 0.3) is 0 Å². The lowest BCUT2D eigenvalue weighted by Gasteiger charge is -2.30. The first kappa shape index (κ1) is 24.7. The maximum atomic E-state index is 10.2. The zero-order valence-corrected chi connectivity index (χ0v) is 24.2. The van der Waals surface area contributed by atoms with Crippen molar-refractivity contribution in [3.8, 4) is 17.2 Å². The molecule has 5 atom stereocenters. The Morgan fingerprint density at radius 2 is 1.84 bits per heavy atom. The molecular weight excluding hydrogens is 526 g/mol. The number of benzene rings is 3. The number of nitrogens with zero attached hydrogens (tertiary/aromatic N) is 4. The van der Waals surface area contributed by atoms with Gasteiger partial charge in [-0.1, -0.05) is 54.6 Å². The molecule has 0 saturated carbocycles. The molecule has 2 aliphatic carbocycles. The van der Waals surface area contributed by atoms with Crippen molar-refractivity contribution in [3.05, 3.63) is 131 Å². The van der Waals surface area contributed by atoms with Crippen LogP contribution in [0.25, 0.3) is 27.6 Å². The molecule has 0 radical (unpaired) electrons. The number of aryl methyl sites for hydroxylation is 2. The molecule has 5 heteroatoms. The van der Waals surface area contributed by atoms with Crippen molar-refractivity contribution >= 4 is 27.9 Å². The summed E-state index contributed by atoms with van der Waals surface area (Å²) in [5, 5.41) is 14.9. The first-order valence-corrected chi connectivity index (χ1v) is 15.2. The molecular formula is C38H31N5. The number of fused-ring (bicyclic) bond motifs is 7. The van der Waals surface area contributed by atoms with Gasteiger partial charge in [0.05, 0.1) is 23.7 Å². The summed E-state index contributed by atoms with van der Waals surface area (Å²) >= 11 is 0. The third-order valence-corrected chi connectivity index (χ3v) is 10.1. The molecule has 4 aliphatic rings. The van der Waals surface area contributed by atoms with E-state index in [2.05, 4.69) is 137 Å². The Bertz CT molecular complexity index is 2070. The van der Waals surface area contributed by atoms with Gasteiger partial charge in [-0.2, -0.15) is 5.26 Å². The van der Waals surface area contributed by atoms with E-state index in [9.17, 15) is 5.26 Å². The van der Waals surface area contributed by atoms with Gasteiger partial charge in [0.1, 0.15) is 0 Å². The number of nitriles is 1. The number of pyridine rings is 1. The van der Waals surface area contributed by atoms with Crippen LogP contribution in [0.5, 0.6) is 0 Å². The van der Waals surface area contributed by atoms with Gasteiger partial charge in [-0.15, -0.1) is 0 Å². The van der Waals surface area contributed by atoms with Gasteiger partial charge in [-0.3, -0.25) is 4.98 Å². The molecule has 1 fully saturated rings. The standard InChI is InChI=1S/C38H31N5/c1-22-19-40-20-33-30-16-24(8-11-36(30)43(38(22)33)26-9-12-35-25(15-26)13-14-42(35)2)23-7-10-28-27-5-3-4-6-29(27)37(31(28)17-23)32(18-39)34-21-41-34/h3-17,19-20,30,32,34,36-37,41H,21H2,1-2H3. The second kappa shape index (κ2) is 9.04. The van der Waals surface area contributed by atoms with Gasteiger partial charge in [-0.05, 0) is 76.2 Å². The van der Waals surface area contributed by atoms with Gasteiger partial charge in [0, 0.05) is 72.2 Å². The predicted molar refractivity (Wildman–Crippen MR) is 172 cm³/mol. The normalized spacial score (nSPS) is 23.3. The fourth-order valence-corrected chi connectivity index (χ4v) is 7.94. The summed E-state index contributed by atoms with van der Waals surface area (Å²) in [6.07, 6.45) is 13.3. The van der Waals surface area contributed by atoms with E-state index in [-0.39, 0.29) is 29.8 Å². The molecule has 1 N–H and O–H groups in total. The number of nitrogens with one attached hydrogen (secondary N) is 1. The number of aromatic nitrogens is 2. The van der Waals surface area contributed by atoms with Crippen LogP contribution in [0.1, 0.15) is 39.7 Å².